The maximum atomic E-state index is 4.03. The molecule has 1 nitrogen and oxygen atoms in total. The minimum Gasteiger partial charge on any atom is -0.311 e. The molecule has 2 aliphatic carbocycles. The van der Waals surface area contributed by atoms with E-state index in [1.54, 1.807) is 0 Å². The summed E-state index contributed by atoms with van der Waals surface area (Å²) in [7, 11) is 0. The van der Waals surface area contributed by atoms with Crippen molar-refractivity contribution in [1.82, 2.24) is 5.32 Å². The van der Waals surface area contributed by atoms with Gasteiger partial charge in [0.1, 0.15) is 0 Å². The van der Waals surface area contributed by atoms with Gasteiger partial charge in [0.25, 0.3) is 0 Å². The molecule has 5 unspecified atom stereocenters. The van der Waals surface area contributed by atoms with Crippen molar-refractivity contribution in [2.75, 3.05) is 0 Å². The van der Waals surface area contributed by atoms with Crippen molar-refractivity contribution in [2.24, 2.45) is 17.8 Å². The van der Waals surface area contributed by atoms with Crippen LogP contribution in [-0.4, -0.2) is 12.1 Å². The van der Waals surface area contributed by atoms with Crippen LogP contribution in [0.3, 0.4) is 0 Å². The topological polar surface area (TPSA) is 12.0 Å². The minimum absolute atomic E-state index is 0.817. The summed E-state index contributed by atoms with van der Waals surface area (Å²) in [5, 5.41) is 4.03. The summed E-state index contributed by atoms with van der Waals surface area (Å²) in [6, 6.07) is 1.65. The predicted molar refractivity (Wildman–Crippen MR) is 75.1 cm³/mol. The first-order chi connectivity index (χ1) is 8.26. The van der Waals surface area contributed by atoms with E-state index in [1.165, 1.54) is 51.4 Å². The molecule has 0 saturated heterocycles. The summed E-state index contributed by atoms with van der Waals surface area (Å²) in [4.78, 5) is 0. The lowest BCUT2D eigenvalue weighted by molar-refractivity contribution is 0.216. The molecule has 2 fully saturated rings. The van der Waals surface area contributed by atoms with E-state index in [4.69, 9.17) is 0 Å². The van der Waals surface area contributed by atoms with Crippen LogP contribution >= 0.6 is 0 Å². The highest BCUT2D eigenvalue weighted by Crippen LogP contribution is 2.36. The monoisotopic (exact) mass is 237 g/mol. The van der Waals surface area contributed by atoms with Crippen molar-refractivity contribution in [3.8, 4) is 0 Å². The lowest BCUT2D eigenvalue weighted by atomic mass is 9.82. The standard InChI is InChI=1S/C16H31N/c1-4-13-10-11-15(12(13)3)17-16-9-7-6-8-14(16)5-2/h12-17H,4-11H2,1-3H3. The Bertz CT molecular complexity index is 226. The second kappa shape index (κ2) is 6.22. The molecule has 2 saturated carbocycles. The fraction of sp³-hybridized carbons (Fsp3) is 1.00. The second-order valence-electron chi connectivity index (χ2n) is 6.44. The molecule has 1 N–H and O–H groups in total. The first-order valence-electron chi connectivity index (χ1n) is 8.02. The van der Waals surface area contributed by atoms with Gasteiger partial charge < -0.3 is 5.32 Å². The van der Waals surface area contributed by atoms with E-state index >= 15 is 0 Å². The summed E-state index contributed by atoms with van der Waals surface area (Å²) >= 11 is 0. The molecule has 0 aromatic rings. The Balaban J connectivity index is 1.87. The van der Waals surface area contributed by atoms with Crippen LogP contribution in [0, 0.1) is 17.8 Å². The smallest absolute Gasteiger partial charge is 0.00981 e. The van der Waals surface area contributed by atoms with Crippen molar-refractivity contribution in [3.05, 3.63) is 0 Å². The van der Waals surface area contributed by atoms with Gasteiger partial charge in [-0.1, -0.05) is 46.5 Å². The van der Waals surface area contributed by atoms with Gasteiger partial charge >= 0.3 is 0 Å². The summed E-state index contributed by atoms with van der Waals surface area (Å²) in [6.07, 6.45) is 11.4. The molecule has 0 heterocycles. The second-order valence-corrected chi connectivity index (χ2v) is 6.44. The number of nitrogens with one attached hydrogen (secondary N) is 1. The highest BCUT2D eigenvalue weighted by atomic mass is 15.0. The molecule has 0 amide bonds. The zero-order chi connectivity index (χ0) is 12.3. The Morgan fingerprint density at radius 2 is 1.53 bits per heavy atom. The van der Waals surface area contributed by atoms with Crippen molar-refractivity contribution in [1.29, 1.82) is 0 Å². The lowest BCUT2D eigenvalue weighted by Gasteiger charge is -2.35. The highest BCUT2D eigenvalue weighted by molar-refractivity contribution is 4.91. The Hall–Kier alpha value is -0.0400. The average Bonchev–Trinajstić information content (AvgIpc) is 2.71. The van der Waals surface area contributed by atoms with Crippen LogP contribution in [0.5, 0.6) is 0 Å². The molecule has 2 aliphatic rings. The average molecular weight is 237 g/mol. The zero-order valence-corrected chi connectivity index (χ0v) is 12.0. The largest absolute Gasteiger partial charge is 0.311 e. The third-order valence-electron chi connectivity index (χ3n) is 5.61. The quantitative estimate of drug-likeness (QED) is 0.765. The number of hydrogen-bond donors (Lipinski definition) is 1. The van der Waals surface area contributed by atoms with Gasteiger partial charge in [-0.05, 0) is 43.4 Å². The molecule has 0 aromatic heterocycles. The Labute approximate surface area is 108 Å². The molecule has 0 bridgehead atoms. The van der Waals surface area contributed by atoms with Crippen LogP contribution in [0.15, 0.2) is 0 Å². The molecular formula is C16H31N. The van der Waals surface area contributed by atoms with E-state index in [0.717, 1.165) is 29.8 Å². The molecule has 0 aromatic carbocycles. The lowest BCUT2D eigenvalue weighted by Crippen LogP contribution is -2.45. The molecule has 0 aliphatic heterocycles. The molecule has 100 valence electrons. The number of rotatable bonds is 4. The van der Waals surface area contributed by atoms with Gasteiger partial charge in [0.05, 0.1) is 0 Å². The van der Waals surface area contributed by atoms with Gasteiger partial charge in [-0.25, -0.2) is 0 Å². The SMILES string of the molecule is CCC1CCCCC1NC1CCC(CC)C1C. The van der Waals surface area contributed by atoms with E-state index < -0.39 is 0 Å². The van der Waals surface area contributed by atoms with Crippen molar-refractivity contribution < 1.29 is 0 Å². The highest BCUT2D eigenvalue weighted by Gasteiger charge is 2.34. The van der Waals surface area contributed by atoms with Crippen molar-refractivity contribution in [2.45, 2.75) is 84.2 Å². The zero-order valence-electron chi connectivity index (χ0n) is 12.0. The van der Waals surface area contributed by atoms with Gasteiger partial charge in [0.2, 0.25) is 0 Å². The Morgan fingerprint density at radius 3 is 2.18 bits per heavy atom. The molecule has 5 atom stereocenters. The summed E-state index contributed by atoms with van der Waals surface area (Å²) in [5.41, 5.74) is 0. The van der Waals surface area contributed by atoms with Gasteiger partial charge in [-0.2, -0.15) is 0 Å². The van der Waals surface area contributed by atoms with Crippen molar-refractivity contribution >= 4 is 0 Å². The van der Waals surface area contributed by atoms with Gasteiger partial charge in [0.15, 0.2) is 0 Å². The van der Waals surface area contributed by atoms with Gasteiger partial charge in [0, 0.05) is 12.1 Å². The minimum atomic E-state index is 0.817. The fourth-order valence-corrected chi connectivity index (χ4v) is 4.25. The van der Waals surface area contributed by atoms with E-state index in [-0.39, 0.29) is 0 Å². The Kier molecular flexibility index (Phi) is 4.90. The van der Waals surface area contributed by atoms with Gasteiger partial charge in [-0.15, -0.1) is 0 Å². The van der Waals surface area contributed by atoms with Gasteiger partial charge in [-0.3, -0.25) is 0 Å². The first-order valence-corrected chi connectivity index (χ1v) is 8.02. The van der Waals surface area contributed by atoms with Crippen LogP contribution in [0.4, 0.5) is 0 Å². The van der Waals surface area contributed by atoms with E-state index in [2.05, 4.69) is 26.1 Å². The van der Waals surface area contributed by atoms with Crippen LogP contribution in [0.2, 0.25) is 0 Å². The summed E-state index contributed by atoms with van der Waals surface area (Å²) in [6.45, 7) is 7.21. The van der Waals surface area contributed by atoms with Crippen LogP contribution in [-0.2, 0) is 0 Å². The normalized spacial score (nSPS) is 42.9. The maximum Gasteiger partial charge on any atom is 0.00981 e. The van der Waals surface area contributed by atoms with E-state index in [1.807, 2.05) is 0 Å². The third-order valence-corrected chi connectivity index (χ3v) is 5.61. The molecule has 0 radical (unpaired) electrons. The molecule has 17 heavy (non-hydrogen) atoms. The summed E-state index contributed by atoms with van der Waals surface area (Å²) in [5.74, 6) is 2.84. The fourth-order valence-electron chi connectivity index (χ4n) is 4.25. The van der Waals surface area contributed by atoms with Crippen LogP contribution in [0.1, 0.15) is 72.1 Å². The molecule has 1 heteroatoms. The predicted octanol–water partition coefficient (Wildman–Crippen LogP) is 4.37. The van der Waals surface area contributed by atoms with Crippen LogP contribution in [0.25, 0.3) is 0 Å². The van der Waals surface area contributed by atoms with Crippen molar-refractivity contribution in [3.63, 3.8) is 0 Å². The molecular weight excluding hydrogens is 206 g/mol. The Morgan fingerprint density at radius 1 is 0.824 bits per heavy atom. The molecule has 2 rings (SSSR count). The van der Waals surface area contributed by atoms with E-state index in [0.29, 0.717) is 0 Å². The number of hydrogen-bond acceptors (Lipinski definition) is 1. The maximum absolute atomic E-state index is 4.03. The summed E-state index contributed by atoms with van der Waals surface area (Å²) < 4.78 is 0. The first kappa shape index (κ1) is 13.4. The van der Waals surface area contributed by atoms with E-state index in [9.17, 15) is 0 Å². The molecule has 0 spiro atoms. The third kappa shape index (κ3) is 3.05. The van der Waals surface area contributed by atoms with Crippen LogP contribution < -0.4 is 5.32 Å².